The molecule has 19 heavy (non-hydrogen) atoms. The lowest BCUT2D eigenvalue weighted by molar-refractivity contribution is -0.138. The molecule has 0 aliphatic carbocycles. The number of anilines is 1. The van der Waals surface area contributed by atoms with Crippen LogP contribution in [0.25, 0.3) is 0 Å². The Morgan fingerprint density at radius 1 is 1.32 bits per heavy atom. The largest absolute Gasteiger partial charge is 0.491 e. The molecule has 5 heteroatoms. The van der Waals surface area contributed by atoms with E-state index >= 15 is 0 Å². The lowest BCUT2D eigenvalue weighted by Gasteiger charge is -2.22. The SMILES string of the molecule is CCCOc1ccc(C(F)(F)F)c2c1NCC2(C)C. The lowest BCUT2D eigenvalue weighted by Crippen LogP contribution is -2.23. The molecule has 0 saturated heterocycles. The van der Waals surface area contributed by atoms with E-state index in [4.69, 9.17) is 4.74 Å². The average Bonchev–Trinajstić information content (AvgIpc) is 2.62. The Balaban J connectivity index is 2.54. The van der Waals surface area contributed by atoms with Gasteiger partial charge in [0.15, 0.2) is 0 Å². The van der Waals surface area contributed by atoms with Gasteiger partial charge in [0.1, 0.15) is 5.75 Å². The quantitative estimate of drug-likeness (QED) is 0.891. The Bertz CT molecular complexity index is 480. The summed E-state index contributed by atoms with van der Waals surface area (Å²) < 4.78 is 44.8. The molecule has 1 aromatic carbocycles. The van der Waals surface area contributed by atoms with Gasteiger partial charge >= 0.3 is 6.18 Å². The van der Waals surface area contributed by atoms with Crippen molar-refractivity contribution in [2.45, 2.75) is 38.8 Å². The van der Waals surface area contributed by atoms with E-state index in [0.29, 0.717) is 30.2 Å². The molecule has 0 bridgehead atoms. The molecule has 1 N–H and O–H groups in total. The van der Waals surface area contributed by atoms with Gasteiger partial charge < -0.3 is 10.1 Å². The summed E-state index contributed by atoms with van der Waals surface area (Å²) in [7, 11) is 0. The van der Waals surface area contributed by atoms with Crippen molar-refractivity contribution in [2.75, 3.05) is 18.5 Å². The summed E-state index contributed by atoms with van der Waals surface area (Å²) in [6.07, 6.45) is -3.52. The van der Waals surface area contributed by atoms with Crippen molar-refractivity contribution in [1.29, 1.82) is 0 Å². The first-order chi connectivity index (χ1) is 8.77. The first-order valence-electron chi connectivity index (χ1n) is 6.38. The monoisotopic (exact) mass is 273 g/mol. The number of nitrogens with one attached hydrogen (secondary N) is 1. The van der Waals surface area contributed by atoms with Crippen LogP contribution in [0.1, 0.15) is 38.3 Å². The molecule has 0 saturated carbocycles. The fraction of sp³-hybridized carbons (Fsp3) is 0.571. The van der Waals surface area contributed by atoms with Gasteiger partial charge in [0.25, 0.3) is 0 Å². The molecule has 1 aliphatic heterocycles. The van der Waals surface area contributed by atoms with Gasteiger partial charge in [-0.2, -0.15) is 13.2 Å². The number of hydrogen-bond donors (Lipinski definition) is 1. The van der Waals surface area contributed by atoms with Crippen molar-refractivity contribution in [1.82, 2.24) is 0 Å². The van der Waals surface area contributed by atoms with Gasteiger partial charge in [-0.05, 0) is 24.1 Å². The standard InChI is InChI=1S/C14H18F3NO/c1-4-7-19-10-6-5-9(14(15,16)17)11-12(10)18-8-13(11,2)3/h5-6,18H,4,7-8H2,1-3H3. The van der Waals surface area contributed by atoms with E-state index in [2.05, 4.69) is 5.32 Å². The highest BCUT2D eigenvalue weighted by Gasteiger charge is 2.43. The van der Waals surface area contributed by atoms with Crippen LogP contribution >= 0.6 is 0 Å². The Labute approximate surface area is 111 Å². The molecule has 0 amide bonds. The smallest absolute Gasteiger partial charge is 0.416 e. The third-order valence-corrected chi connectivity index (χ3v) is 3.32. The summed E-state index contributed by atoms with van der Waals surface area (Å²) in [4.78, 5) is 0. The van der Waals surface area contributed by atoms with E-state index in [-0.39, 0.29) is 0 Å². The molecule has 106 valence electrons. The summed E-state index contributed by atoms with van der Waals surface area (Å²) in [6, 6.07) is 2.53. The maximum absolute atomic E-state index is 13.1. The van der Waals surface area contributed by atoms with Crippen LogP contribution in [-0.2, 0) is 11.6 Å². The Morgan fingerprint density at radius 2 is 2.00 bits per heavy atom. The molecular formula is C14H18F3NO. The van der Waals surface area contributed by atoms with E-state index in [0.717, 1.165) is 12.5 Å². The summed E-state index contributed by atoms with van der Waals surface area (Å²) in [5.74, 6) is 0.510. The number of rotatable bonds is 3. The third kappa shape index (κ3) is 2.51. The maximum Gasteiger partial charge on any atom is 0.416 e. The van der Waals surface area contributed by atoms with Crippen LogP contribution in [0.3, 0.4) is 0 Å². The van der Waals surface area contributed by atoms with Crippen molar-refractivity contribution in [2.24, 2.45) is 0 Å². The second-order valence-electron chi connectivity index (χ2n) is 5.44. The zero-order valence-corrected chi connectivity index (χ0v) is 11.3. The van der Waals surface area contributed by atoms with E-state index in [9.17, 15) is 13.2 Å². The Kier molecular flexibility index (Phi) is 3.41. The van der Waals surface area contributed by atoms with Gasteiger partial charge in [-0.1, -0.05) is 20.8 Å². The molecule has 1 aliphatic rings. The normalized spacial score (nSPS) is 16.9. The van der Waals surface area contributed by atoms with Crippen LogP contribution in [0.15, 0.2) is 12.1 Å². The van der Waals surface area contributed by atoms with Gasteiger partial charge in [-0.15, -0.1) is 0 Å². The maximum atomic E-state index is 13.1. The fourth-order valence-electron chi connectivity index (χ4n) is 2.43. The molecular weight excluding hydrogens is 255 g/mol. The minimum atomic E-state index is -4.34. The second kappa shape index (κ2) is 4.62. The number of benzene rings is 1. The van der Waals surface area contributed by atoms with Crippen molar-refractivity contribution in [3.05, 3.63) is 23.3 Å². The highest BCUT2D eigenvalue weighted by Crippen LogP contribution is 2.48. The molecule has 2 rings (SSSR count). The molecule has 0 atom stereocenters. The lowest BCUT2D eigenvalue weighted by atomic mass is 9.83. The van der Waals surface area contributed by atoms with E-state index in [1.165, 1.54) is 6.07 Å². The minimum Gasteiger partial charge on any atom is -0.491 e. The number of alkyl halides is 3. The van der Waals surface area contributed by atoms with Gasteiger partial charge in [-0.3, -0.25) is 0 Å². The second-order valence-corrected chi connectivity index (χ2v) is 5.44. The Morgan fingerprint density at radius 3 is 2.58 bits per heavy atom. The van der Waals surface area contributed by atoms with Gasteiger partial charge in [0, 0.05) is 12.0 Å². The van der Waals surface area contributed by atoms with Crippen molar-refractivity contribution < 1.29 is 17.9 Å². The zero-order valence-electron chi connectivity index (χ0n) is 11.3. The van der Waals surface area contributed by atoms with E-state index < -0.39 is 17.2 Å². The van der Waals surface area contributed by atoms with Crippen LogP contribution < -0.4 is 10.1 Å². The first kappa shape index (κ1) is 14.0. The molecule has 1 aromatic rings. The van der Waals surface area contributed by atoms with E-state index in [1.54, 1.807) is 0 Å². The van der Waals surface area contributed by atoms with E-state index in [1.807, 2.05) is 20.8 Å². The first-order valence-corrected chi connectivity index (χ1v) is 6.38. The highest BCUT2D eigenvalue weighted by atomic mass is 19.4. The van der Waals surface area contributed by atoms with Crippen molar-refractivity contribution in [3.8, 4) is 5.75 Å². The molecule has 0 spiro atoms. The summed E-state index contributed by atoms with van der Waals surface area (Å²) >= 11 is 0. The van der Waals surface area contributed by atoms with Crippen LogP contribution in [0.5, 0.6) is 5.75 Å². The summed E-state index contributed by atoms with van der Waals surface area (Å²) in [6.45, 7) is 6.56. The average molecular weight is 273 g/mol. The van der Waals surface area contributed by atoms with Gasteiger partial charge in [0.05, 0.1) is 17.9 Å². The van der Waals surface area contributed by atoms with Crippen molar-refractivity contribution >= 4 is 5.69 Å². The summed E-state index contributed by atoms with van der Waals surface area (Å²) in [5, 5.41) is 3.06. The molecule has 0 radical (unpaired) electrons. The molecule has 2 nitrogen and oxygen atoms in total. The number of fused-ring (bicyclic) bond motifs is 1. The molecule has 0 aromatic heterocycles. The van der Waals surface area contributed by atoms with Gasteiger partial charge in [0.2, 0.25) is 0 Å². The van der Waals surface area contributed by atoms with Crippen LogP contribution in [0, 0.1) is 0 Å². The molecule has 0 fully saturated rings. The number of ether oxygens (including phenoxy) is 1. The summed E-state index contributed by atoms with van der Waals surface area (Å²) in [5.41, 5.74) is -0.311. The molecule has 1 heterocycles. The van der Waals surface area contributed by atoms with Crippen LogP contribution in [0.4, 0.5) is 18.9 Å². The number of halogens is 3. The van der Waals surface area contributed by atoms with Crippen molar-refractivity contribution in [3.63, 3.8) is 0 Å². The molecule has 0 unspecified atom stereocenters. The third-order valence-electron chi connectivity index (χ3n) is 3.32. The fourth-order valence-corrected chi connectivity index (χ4v) is 2.43. The number of hydrogen-bond acceptors (Lipinski definition) is 2. The van der Waals surface area contributed by atoms with Gasteiger partial charge in [-0.25, -0.2) is 0 Å². The Hall–Kier alpha value is -1.39. The van der Waals surface area contributed by atoms with Crippen LogP contribution in [-0.4, -0.2) is 13.2 Å². The zero-order chi connectivity index (χ0) is 14.3. The predicted molar refractivity (Wildman–Crippen MR) is 68.7 cm³/mol. The minimum absolute atomic E-state index is 0.314. The van der Waals surface area contributed by atoms with Crippen LogP contribution in [0.2, 0.25) is 0 Å². The topological polar surface area (TPSA) is 21.3 Å². The predicted octanol–water partition coefficient (Wildman–Crippen LogP) is 4.20. The highest BCUT2D eigenvalue weighted by molar-refractivity contribution is 5.71.